The number of hydrogen-bond donors (Lipinski definition) is 1. The summed E-state index contributed by atoms with van der Waals surface area (Å²) in [5.41, 5.74) is -0.671. The lowest BCUT2D eigenvalue weighted by Crippen LogP contribution is -2.30. The van der Waals surface area contributed by atoms with Crippen LogP contribution in [0, 0.1) is 27.3 Å². The van der Waals surface area contributed by atoms with Gasteiger partial charge in [-0.05, 0) is 25.3 Å². The summed E-state index contributed by atoms with van der Waals surface area (Å²) in [4.78, 5) is 11.8. The van der Waals surface area contributed by atoms with E-state index in [1.165, 1.54) is 12.1 Å². The van der Waals surface area contributed by atoms with Gasteiger partial charge in [0.1, 0.15) is 6.07 Å². The highest BCUT2D eigenvalue weighted by atomic mass is 19.1. The smallest absolute Gasteiger partial charge is 0.290 e. The van der Waals surface area contributed by atoms with E-state index >= 15 is 0 Å². The van der Waals surface area contributed by atoms with Crippen molar-refractivity contribution >= 4 is 11.4 Å². The van der Waals surface area contributed by atoms with Crippen LogP contribution in [0.4, 0.5) is 15.8 Å². The fraction of sp³-hybridized carbons (Fsp3) is 0.462. The number of aliphatic hydroxyl groups is 1. The van der Waals surface area contributed by atoms with E-state index in [-0.39, 0.29) is 5.69 Å². The minimum atomic E-state index is -0.784. The lowest BCUT2D eigenvalue weighted by atomic mass is 10.1. The van der Waals surface area contributed by atoms with Gasteiger partial charge in [0.05, 0.1) is 10.6 Å². The van der Waals surface area contributed by atoms with E-state index in [0.717, 1.165) is 39.5 Å². The molecule has 1 aliphatic heterocycles. The number of nitro groups is 1. The van der Waals surface area contributed by atoms with Crippen molar-refractivity contribution in [2.24, 2.45) is 0 Å². The fourth-order valence-electron chi connectivity index (χ4n) is 2.19. The van der Waals surface area contributed by atoms with Gasteiger partial charge in [0.2, 0.25) is 0 Å². The largest absolute Gasteiger partial charge is 0.400 e. The first-order valence-corrected chi connectivity index (χ1v) is 6.22. The monoisotopic (exact) mass is 281 g/mol. The van der Waals surface area contributed by atoms with E-state index < -0.39 is 22.0 Å². The molecule has 20 heavy (non-hydrogen) atoms. The van der Waals surface area contributed by atoms with E-state index in [1.54, 1.807) is 6.07 Å². The minimum absolute atomic E-state index is 0.289. The van der Waals surface area contributed by atoms with Gasteiger partial charge in [-0.3, -0.25) is 10.1 Å². The van der Waals surface area contributed by atoms with E-state index in [9.17, 15) is 14.5 Å². The molecule has 1 N–H and O–H groups in total. The summed E-state index contributed by atoms with van der Waals surface area (Å²) in [6.45, 7) is 1.44. The Bertz CT molecular complexity index is 522. The van der Waals surface area contributed by atoms with E-state index in [1.807, 2.05) is 4.90 Å². The lowest BCUT2D eigenvalue weighted by Gasteiger charge is -2.29. The van der Waals surface area contributed by atoms with Gasteiger partial charge in [-0.25, -0.2) is 4.39 Å². The van der Waals surface area contributed by atoms with Crippen LogP contribution >= 0.6 is 0 Å². The van der Waals surface area contributed by atoms with Gasteiger partial charge in [0.25, 0.3) is 5.69 Å². The van der Waals surface area contributed by atoms with Gasteiger partial charge in [-0.2, -0.15) is 5.26 Å². The molecule has 0 aromatic heterocycles. The van der Waals surface area contributed by atoms with Gasteiger partial charge in [-0.1, -0.05) is 0 Å². The van der Waals surface area contributed by atoms with Gasteiger partial charge in [0, 0.05) is 26.3 Å². The normalized spacial score (nSPS) is 14.0. The molecule has 0 aliphatic carbocycles. The first kappa shape index (κ1) is 15.9. The molecule has 7 heteroatoms. The second kappa shape index (κ2) is 7.40. The van der Waals surface area contributed by atoms with Crippen molar-refractivity contribution in [3.05, 3.63) is 33.6 Å². The van der Waals surface area contributed by atoms with Gasteiger partial charge < -0.3 is 10.0 Å². The number of rotatable bonds is 2. The highest BCUT2D eigenvalue weighted by Crippen LogP contribution is 2.30. The zero-order valence-corrected chi connectivity index (χ0v) is 11.2. The van der Waals surface area contributed by atoms with Crippen molar-refractivity contribution in [3.8, 4) is 6.07 Å². The van der Waals surface area contributed by atoms with E-state index in [0.29, 0.717) is 0 Å². The number of nitriles is 1. The third kappa shape index (κ3) is 3.22. The quantitative estimate of drug-likeness (QED) is 0.663. The molecule has 1 saturated heterocycles. The van der Waals surface area contributed by atoms with Crippen LogP contribution < -0.4 is 4.90 Å². The van der Waals surface area contributed by atoms with Crippen LogP contribution in [0.2, 0.25) is 0 Å². The van der Waals surface area contributed by atoms with Crippen LogP contribution in [0.25, 0.3) is 0 Å². The summed E-state index contributed by atoms with van der Waals surface area (Å²) in [6.07, 6.45) is 3.05. The first-order valence-electron chi connectivity index (χ1n) is 6.22. The number of nitro benzene ring substituents is 1. The summed E-state index contributed by atoms with van der Waals surface area (Å²) >= 11 is 0. The van der Waals surface area contributed by atoms with Crippen molar-refractivity contribution in [3.63, 3.8) is 0 Å². The second-order valence-electron chi connectivity index (χ2n) is 4.21. The molecule has 0 unspecified atom stereocenters. The topological polar surface area (TPSA) is 90.4 Å². The number of anilines is 1. The van der Waals surface area contributed by atoms with Crippen molar-refractivity contribution in [2.75, 3.05) is 25.1 Å². The molecule has 6 nitrogen and oxygen atoms in total. The highest BCUT2D eigenvalue weighted by molar-refractivity contribution is 5.61. The molecule has 1 heterocycles. The molecule has 2 rings (SSSR count). The summed E-state index contributed by atoms with van der Waals surface area (Å²) in [6, 6.07) is 4.17. The molecule has 0 amide bonds. The predicted molar refractivity (Wildman–Crippen MR) is 72.0 cm³/mol. The van der Waals surface area contributed by atoms with Crippen molar-refractivity contribution < 1.29 is 14.4 Å². The van der Waals surface area contributed by atoms with Crippen LogP contribution in [0.5, 0.6) is 0 Å². The highest BCUT2D eigenvalue weighted by Gasteiger charge is 2.24. The zero-order valence-electron chi connectivity index (χ0n) is 11.2. The van der Waals surface area contributed by atoms with Crippen LogP contribution in [0.15, 0.2) is 12.1 Å². The number of hydrogen-bond acceptors (Lipinski definition) is 5. The Labute approximate surface area is 116 Å². The molecule has 108 valence electrons. The number of aliphatic hydroxyl groups excluding tert-OH is 1. The maximum atomic E-state index is 14.1. The Kier molecular flexibility index (Phi) is 5.87. The third-order valence-electron chi connectivity index (χ3n) is 3.10. The summed E-state index contributed by atoms with van der Waals surface area (Å²) in [5, 5.41) is 26.6. The number of nitrogens with zero attached hydrogens (tertiary/aromatic N) is 3. The second-order valence-corrected chi connectivity index (χ2v) is 4.21. The molecule has 1 aromatic rings. The molecule has 0 saturated carbocycles. The molecule has 0 atom stereocenters. The van der Waals surface area contributed by atoms with Crippen molar-refractivity contribution in [2.45, 2.75) is 19.3 Å². The Balaban J connectivity index is 0.000000956. The minimum Gasteiger partial charge on any atom is -0.400 e. The maximum Gasteiger partial charge on any atom is 0.290 e. The van der Waals surface area contributed by atoms with Gasteiger partial charge in [0.15, 0.2) is 11.4 Å². The molecule has 0 radical (unpaired) electrons. The molecule has 0 bridgehead atoms. The van der Waals surface area contributed by atoms with Gasteiger partial charge >= 0.3 is 0 Å². The summed E-state index contributed by atoms with van der Waals surface area (Å²) < 4.78 is 14.1. The molecule has 0 spiro atoms. The average Bonchev–Trinajstić information content (AvgIpc) is 2.49. The Morgan fingerprint density at radius 1 is 1.35 bits per heavy atom. The number of piperidine rings is 1. The first-order chi connectivity index (χ1) is 9.65. The Hall–Kier alpha value is -2.20. The van der Waals surface area contributed by atoms with Crippen LogP contribution in [-0.4, -0.2) is 30.2 Å². The van der Waals surface area contributed by atoms with Crippen LogP contribution in [0.1, 0.15) is 24.8 Å². The number of benzene rings is 1. The SMILES string of the molecule is CO.N#Cc1c([N+](=O)[O-])ccc(N2CCCCC2)c1F. The molecule has 1 aromatic carbocycles. The van der Waals surface area contributed by atoms with E-state index in [2.05, 4.69) is 0 Å². The van der Waals surface area contributed by atoms with Gasteiger partial charge in [-0.15, -0.1) is 0 Å². The number of halogens is 1. The summed E-state index contributed by atoms with van der Waals surface area (Å²) in [5.74, 6) is -0.784. The predicted octanol–water partition coefficient (Wildman–Crippen LogP) is 2.20. The van der Waals surface area contributed by atoms with Crippen molar-refractivity contribution in [1.82, 2.24) is 0 Å². The fourth-order valence-corrected chi connectivity index (χ4v) is 2.19. The maximum absolute atomic E-state index is 14.1. The Morgan fingerprint density at radius 3 is 2.45 bits per heavy atom. The van der Waals surface area contributed by atoms with Crippen molar-refractivity contribution in [1.29, 1.82) is 5.26 Å². The average molecular weight is 281 g/mol. The molecular weight excluding hydrogens is 265 g/mol. The summed E-state index contributed by atoms with van der Waals surface area (Å²) in [7, 11) is 1.00. The zero-order chi connectivity index (χ0) is 15.1. The van der Waals surface area contributed by atoms with Crippen LogP contribution in [-0.2, 0) is 0 Å². The molecular formula is C13H16FN3O3. The molecule has 1 fully saturated rings. The lowest BCUT2D eigenvalue weighted by molar-refractivity contribution is -0.385. The third-order valence-corrected chi connectivity index (χ3v) is 3.10. The van der Waals surface area contributed by atoms with E-state index in [4.69, 9.17) is 10.4 Å². The standard InChI is InChI=1S/C12H12FN3O2.CH4O/c13-12-9(8-14)10(16(17)18)4-5-11(12)15-6-2-1-3-7-15;1-2/h4-5H,1-3,6-7H2;2H,1H3. The molecule has 1 aliphatic rings. The Morgan fingerprint density at radius 2 is 1.95 bits per heavy atom. The van der Waals surface area contributed by atoms with Crippen LogP contribution in [0.3, 0.4) is 0 Å².